The highest BCUT2D eigenvalue weighted by atomic mass is 32.2. The molecule has 5 heteroatoms. The highest BCUT2D eigenvalue weighted by Crippen LogP contribution is 2.36. The first kappa shape index (κ1) is 21.1. The molecule has 0 N–H and O–H groups in total. The fourth-order valence-electron chi connectivity index (χ4n) is 3.40. The van der Waals surface area contributed by atoms with Crippen LogP contribution in [0.15, 0.2) is 94.8 Å². The minimum Gasteiger partial charge on any atom is -0.380 e. The Morgan fingerprint density at radius 2 is 1.65 bits per heavy atom. The van der Waals surface area contributed by atoms with Crippen LogP contribution in [-0.2, 0) is 22.6 Å². The number of hydrogen-bond acceptors (Lipinski definition) is 4. The van der Waals surface area contributed by atoms with Crippen molar-refractivity contribution in [3.05, 3.63) is 107 Å². The Balaban J connectivity index is 1.61. The smallest absolute Gasteiger partial charge is 0.271 e. The summed E-state index contributed by atoms with van der Waals surface area (Å²) in [6.07, 6.45) is 2.77. The summed E-state index contributed by atoms with van der Waals surface area (Å²) >= 11 is 1.43. The topological polar surface area (TPSA) is 41.9 Å². The molecule has 0 bridgehead atoms. The predicted octanol–water partition coefficient (Wildman–Crippen LogP) is 5.55. The van der Waals surface area contributed by atoms with Gasteiger partial charge in [0, 0.05) is 13.7 Å². The van der Waals surface area contributed by atoms with Gasteiger partial charge in [0.15, 0.2) is 5.17 Å². The molecule has 1 fully saturated rings. The van der Waals surface area contributed by atoms with E-state index in [1.807, 2.05) is 78.9 Å². The lowest BCUT2D eigenvalue weighted by molar-refractivity contribution is -0.113. The quantitative estimate of drug-likeness (QED) is 0.463. The van der Waals surface area contributed by atoms with Gasteiger partial charge in [0.05, 0.1) is 17.2 Å². The Morgan fingerprint density at radius 3 is 2.39 bits per heavy atom. The molecule has 1 amide bonds. The summed E-state index contributed by atoms with van der Waals surface area (Å²) in [5.74, 6) is -0.0493. The number of amidine groups is 1. The average Bonchev–Trinajstić information content (AvgIpc) is 3.10. The van der Waals surface area contributed by atoms with Crippen molar-refractivity contribution < 1.29 is 9.53 Å². The van der Waals surface area contributed by atoms with E-state index < -0.39 is 0 Å². The molecule has 0 radical (unpaired) electrons. The Hall–Kier alpha value is -3.15. The Bertz CT molecular complexity index is 1090. The van der Waals surface area contributed by atoms with Gasteiger partial charge in [-0.15, -0.1) is 0 Å². The maximum Gasteiger partial charge on any atom is 0.271 e. The van der Waals surface area contributed by atoms with Crippen LogP contribution in [0.3, 0.4) is 0 Å². The number of nitrogens with zero attached hydrogens (tertiary/aromatic N) is 2. The van der Waals surface area contributed by atoms with Crippen LogP contribution in [0.5, 0.6) is 0 Å². The molecule has 0 aromatic heterocycles. The zero-order chi connectivity index (χ0) is 21.5. The van der Waals surface area contributed by atoms with E-state index in [0.29, 0.717) is 23.2 Å². The molecule has 0 spiro atoms. The first-order valence-corrected chi connectivity index (χ1v) is 11.0. The van der Waals surface area contributed by atoms with Gasteiger partial charge in [0.1, 0.15) is 0 Å². The summed E-state index contributed by atoms with van der Waals surface area (Å²) in [6, 6.07) is 28.0. The van der Waals surface area contributed by atoms with Gasteiger partial charge in [-0.3, -0.25) is 14.7 Å². The first-order chi connectivity index (χ1) is 15.2. The standard InChI is InChI=1S/C26H24N2O2S/c1-30-19-22-12-8-11-21(17-22)18-24-25(29)28(23-13-6-3-7-14-23)26(31-24)27-16-15-20-9-4-2-5-10-20/h2-14,17-18H,15-16,19H2,1H3/b24-18-,27-26?. The molecule has 3 aromatic carbocycles. The zero-order valence-corrected chi connectivity index (χ0v) is 18.2. The molecule has 4 nitrogen and oxygen atoms in total. The maximum atomic E-state index is 13.3. The van der Waals surface area contributed by atoms with Gasteiger partial charge in [-0.1, -0.05) is 66.7 Å². The van der Waals surface area contributed by atoms with Crippen LogP contribution in [0, 0.1) is 0 Å². The van der Waals surface area contributed by atoms with Crippen molar-refractivity contribution in [1.29, 1.82) is 0 Å². The number of methoxy groups -OCH3 is 1. The lowest BCUT2D eigenvalue weighted by Gasteiger charge is -2.15. The van der Waals surface area contributed by atoms with E-state index in [9.17, 15) is 4.79 Å². The van der Waals surface area contributed by atoms with Crippen LogP contribution in [0.2, 0.25) is 0 Å². The minimum absolute atomic E-state index is 0.0493. The molecule has 4 rings (SSSR count). The summed E-state index contributed by atoms with van der Waals surface area (Å²) in [5.41, 5.74) is 4.11. The first-order valence-electron chi connectivity index (χ1n) is 10.2. The summed E-state index contributed by atoms with van der Waals surface area (Å²) < 4.78 is 5.23. The van der Waals surface area contributed by atoms with Crippen molar-refractivity contribution >= 4 is 34.6 Å². The number of amides is 1. The van der Waals surface area contributed by atoms with E-state index in [1.54, 1.807) is 12.0 Å². The van der Waals surface area contributed by atoms with E-state index in [4.69, 9.17) is 9.73 Å². The second-order valence-corrected chi connectivity index (χ2v) is 8.17. The highest BCUT2D eigenvalue weighted by Gasteiger charge is 2.34. The van der Waals surface area contributed by atoms with Crippen molar-refractivity contribution in [2.45, 2.75) is 13.0 Å². The third kappa shape index (κ3) is 5.32. The molecule has 1 saturated heterocycles. The van der Waals surface area contributed by atoms with Gasteiger partial charge in [0.25, 0.3) is 5.91 Å². The molecule has 1 aliphatic heterocycles. The summed E-state index contributed by atoms with van der Waals surface area (Å²) in [5, 5.41) is 0.714. The van der Waals surface area contributed by atoms with Crippen LogP contribution in [-0.4, -0.2) is 24.7 Å². The Labute approximate surface area is 187 Å². The maximum absolute atomic E-state index is 13.3. The lowest BCUT2D eigenvalue weighted by atomic mass is 10.1. The Kier molecular flexibility index (Phi) is 6.97. The molecule has 1 heterocycles. The number of ether oxygens (including phenoxy) is 1. The van der Waals surface area contributed by atoms with E-state index in [0.717, 1.165) is 23.2 Å². The zero-order valence-electron chi connectivity index (χ0n) is 17.4. The van der Waals surface area contributed by atoms with Gasteiger partial charge in [-0.25, -0.2) is 0 Å². The van der Waals surface area contributed by atoms with E-state index in [-0.39, 0.29) is 5.91 Å². The molecule has 0 unspecified atom stereocenters. The number of carbonyl (C=O) groups is 1. The number of rotatable bonds is 7. The molecule has 31 heavy (non-hydrogen) atoms. The SMILES string of the molecule is COCc1cccc(/C=C2\SC(=NCCc3ccccc3)N(c3ccccc3)C2=O)c1. The molecule has 156 valence electrons. The molecular weight excluding hydrogens is 404 g/mol. The average molecular weight is 429 g/mol. The van der Waals surface area contributed by atoms with Crippen molar-refractivity contribution in [3.8, 4) is 0 Å². The number of thioether (sulfide) groups is 1. The third-order valence-corrected chi connectivity index (χ3v) is 5.88. The van der Waals surface area contributed by atoms with Gasteiger partial charge < -0.3 is 4.74 Å². The van der Waals surface area contributed by atoms with Gasteiger partial charge in [0.2, 0.25) is 0 Å². The van der Waals surface area contributed by atoms with Gasteiger partial charge in [-0.2, -0.15) is 0 Å². The lowest BCUT2D eigenvalue weighted by Crippen LogP contribution is -2.29. The van der Waals surface area contributed by atoms with Crippen LogP contribution in [0.25, 0.3) is 6.08 Å². The molecule has 1 aliphatic rings. The molecule has 3 aromatic rings. The molecular formula is C26H24N2O2S. The fourth-order valence-corrected chi connectivity index (χ4v) is 4.41. The van der Waals surface area contributed by atoms with E-state index in [1.165, 1.54) is 17.3 Å². The summed E-state index contributed by atoms with van der Waals surface area (Å²) in [6.45, 7) is 1.17. The van der Waals surface area contributed by atoms with E-state index >= 15 is 0 Å². The van der Waals surface area contributed by atoms with Crippen molar-refractivity contribution in [2.24, 2.45) is 4.99 Å². The minimum atomic E-state index is -0.0493. The largest absolute Gasteiger partial charge is 0.380 e. The number of anilines is 1. The van der Waals surface area contributed by atoms with Crippen LogP contribution in [0.1, 0.15) is 16.7 Å². The molecule has 0 saturated carbocycles. The predicted molar refractivity (Wildman–Crippen MR) is 129 cm³/mol. The van der Waals surface area contributed by atoms with Crippen LogP contribution < -0.4 is 4.90 Å². The number of aliphatic imine (C=N–C) groups is 1. The second kappa shape index (κ2) is 10.2. The fraction of sp³-hybridized carbons (Fsp3) is 0.154. The number of benzene rings is 3. The Morgan fingerprint density at radius 1 is 0.935 bits per heavy atom. The van der Waals surface area contributed by atoms with Gasteiger partial charge >= 0.3 is 0 Å². The van der Waals surface area contributed by atoms with Crippen molar-refractivity contribution in [3.63, 3.8) is 0 Å². The number of hydrogen-bond donors (Lipinski definition) is 0. The van der Waals surface area contributed by atoms with Gasteiger partial charge in [-0.05, 0) is 59.1 Å². The number of carbonyl (C=O) groups excluding carboxylic acids is 1. The monoisotopic (exact) mass is 428 g/mol. The molecule has 0 atom stereocenters. The summed E-state index contributed by atoms with van der Waals surface area (Å²) in [4.78, 5) is 20.5. The van der Waals surface area contributed by atoms with Crippen LogP contribution in [0.4, 0.5) is 5.69 Å². The highest BCUT2D eigenvalue weighted by molar-refractivity contribution is 8.19. The summed E-state index contributed by atoms with van der Waals surface area (Å²) in [7, 11) is 1.68. The number of para-hydroxylation sites is 1. The van der Waals surface area contributed by atoms with Crippen molar-refractivity contribution in [1.82, 2.24) is 0 Å². The molecule has 0 aliphatic carbocycles. The van der Waals surface area contributed by atoms with Crippen LogP contribution >= 0.6 is 11.8 Å². The normalized spacial score (nSPS) is 16.4. The van der Waals surface area contributed by atoms with Crippen molar-refractivity contribution in [2.75, 3.05) is 18.6 Å². The van der Waals surface area contributed by atoms with E-state index in [2.05, 4.69) is 12.1 Å². The third-order valence-electron chi connectivity index (χ3n) is 4.87. The second-order valence-electron chi connectivity index (χ2n) is 7.16.